The molecule has 5 heteroatoms. The number of nitrogens with two attached hydrogens (primary N) is 2. The molecule has 0 saturated carbocycles. The largest absolute Gasteiger partial charge is 0.488 e. The van der Waals surface area contributed by atoms with Crippen molar-refractivity contribution < 1.29 is 4.74 Å². The minimum atomic E-state index is 0.158. The van der Waals surface area contributed by atoms with Gasteiger partial charge in [-0.3, -0.25) is 0 Å². The van der Waals surface area contributed by atoms with Gasteiger partial charge in [0, 0.05) is 0 Å². The molecule has 0 aromatic carbocycles. The molecule has 4 N–H and O–H groups in total. The van der Waals surface area contributed by atoms with E-state index in [1.165, 1.54) is 6.20 Å². The first-order valence-corrected chi connectivity index (χ1v) is 3.24. The predicted octanol–water partition coefficient (Wildman–Crippen LogP) is 0.0397. The summed E-state index contributed by atoms with van der Waals surface area (Å²) in [5.74, 6) is 0.909. The van der Waals surface area contributed by atoms with Gasteiger partial charge in [-0.05, 0) is 6.92 Å². The number of rotatable bonds is 2. The number of ether oxygens (including phenoxy) is 1. The Morgan fingerprint density at radius 1 is 1.55 bits per heavy atom. The summed E-state index contributed by atoms with van der Waals surface area (Å²) in [6.45, 7) is 2.40. The van der Waals surface area contributed by atoms with Crippen molar-refractivity contribution in [1.29, 1.82) is 0 Å². The highest BCUT2D eigenvalue weighted by Gasteiger charge is 2.00. The van der Waals surface area contributed by atoms with Crippen molar-refractivity contribution in [3.05, 3.63) is 6.20 Å². The van der Waals surface area contributed by atoms with Gasteiger partial charge in [-0.15, -0.1) is 0 Å². The molecule has 0 spiro atoms. The Hall–Kier alpha value is -1.52. The Balaban J connectivity index is 2.90. The smallest absolute Gasteiger partial charge is 0.222 e. The maximum atomic E-state index is 5.45. The van der Waals surface area contributed by atoms with Gasteiger partial charge in [0.1, 0.15) is 0 Å². The average molecular weight is 154 g/mol. The van der Waals surface area contributed by atoms with Crippen LogP contribution in [0.25, 0.3) is 0 Å². The van der Waals surface area contributed by atoms with Crippen molar-refractivity contribution in [3.8, 4) is 5.75 Å². The van der Waals surface area contributed by atoms with E-state index in [9.17, 15) is 0 Å². The molecule has 1 heterocycles. The molecule has 1 aromatic heterocycles. The van der Waals surface area contributed by atoms with Crippen molar-refractivity contribution in [1.82, 2.24) is 9.97 Å². The van der Waals surface area contributed by atoms with Gasteiger partial charge < -0.3 is 16.2 Å². The van der Waals surface area contributed by atoms with E-state index in [4.69, 9.17) is 16.2 Å². The van der Waals surface area contributed by atoms with Gasteiger partial charge in [-0.2, -0.15) is 4.98 Å². The van der Waals surface area contributed by atoms with Gasteiger partial charge in [0.05, 0.1) is 12.8 Å². The normalized spacial score (nSPS) is 9.55. The molecule has 0 aliphatic carbocycles. The Labute approximate surface area is 64.4 Å². The molecule has 0 unspecified atom stereocenters. The second kappa shape index (κ2) is 3.05. The Kier molecular flexibility index (Phi) is 2.10. The monoisotopic (exact) mass is 154 g/mol. The number of hydrogen-bond donors (Lipinski definition) is 2. The second-order valence-corrected chi connectivity index (χ2v) is 1.91. The van der Waals surface area contributed by atoms with E-state index in [-0.39, 0.29) is 11.8 Å². The van der Waals surface area contributed by atoms with Crippen molar-refractivity contribution >= 4 is 11.8 Å². The lowest BCUT2D eigenvalue weighted by Crippen LogP contribution is -2.03. The van der Waals surface area contributed by atoms with Gasteiger partial charge in [0.25, 0.3) is 0 Å². The highest BCUT2D eigenvalue weighted by Crippen LogP contribution is 2.16. The van der Waals surface area contributed by atoms with Gasteiger partial charge in [-0.25, -0.2) is 4.98 Å². The van der Waals surface area contributed by atoms with Gasteiger partial charge >= 0.3 is 0 Å². The summed E-state index contributed by atoms with van der Waals surface area (Å²) >= 11 is 0. The standard InChI is InChI=1S/C6H10N4O/c1-2-11-4-3-9-6(8)10-5(4)7/h3H,2H2,1H3,(H4,7,8,9,10). The lowest BCUT2D eigenvalue weighted by atomic mass is 10.5. The quantitative estimate of drug-likeness (QED) is 0.628. The molecule has 1 rings (SSSR count). The molecule has 60 valence electrons. The highest BCUT2D eigenvalue weighted by molar-refractivity contribution is 5.46. The predicted molar refractivity (Wildman–Crippen MR) is 42.0 cm³/mol. The Morgan fingerprint density at radius 3 is 2.82 bits per heavy atom. The minimum Gasteiger partial charge on any atom is -0.488 e. The molecular weight excluding hydrogens is 144 g/mol. The average Bonchev–Trinajstić information content (AvgIpc) is 1.95. The van der Waals surface area contributed by atoms with Crippen LogP contribution in [0.15, 0.2) is 6.20 Å². The molecule has 0 atom stereocenters. The summed E-state index contributed by atoms with van der Waals surface area (Å²) in [7, 11) is 0. The van der Waals surface area contributed by atoms with E-state index in [0.29, 0.717) is 12.4 Å². The lowest BCUT2D eigenvalue weighted by Gasteiger charge is -2.04. The number of hydrogen-bond acceptors (Lipinski definition) is 5. The number of nitrogen functional groups attached to an aromatic ring is 2. The van der Waals surface area contributed by atoms with E-state index < -0.39 is 0 Å². The molecule has 0 amide bonds. The fourth-order valence-electron chi connectivity index (χ4n) is 0.665. The molecule has 0 fully saturated rings. The van der Waals surface area contributed by atoms with E-state index in [2.05, 4.69) is 9.97 Å². The van der Waals surface area contributed by atoms with Gasteiger partial charge in [0.15, 0.2) is 11.6 Å². The van der Waals surface area contributed by atoms with Crippen LogP contribution in [0, 0.1) is 0 Å². The zero-order valence-corrected chi connectivity index (χ0v) is 6.24. The summed E-state index contributed by atoms with van der Waals surface area (Å²) in [6.07, 6.45) is 1.46. The fourth-order valence-corrected chi connectivity index (χ4v) is 0.665. The zero-order chi connectivity index (χ0) is 8.27. The Morgan fingerprint density at radius 2 is 2.27 bits per heavy atom. The summed E-state index contributed by atoms with van der Waals surface area (Å²) < 4.78 is 5.09. The third-order valence-electron chi connectivity index (χ3n) is 1.10. The molecule has 0 aliphatic heterocycles. The lowest BCUT2D eigenvalue weighted by molar-refractivity contribution is 0.339. The van der Waals surface area contributed by atoms with Crippen molar-refractivity contribution in [2.75, 3.05) is 18.1 Å². The maximum absolute atomic E-state index is 5.45. The number of aromatic nitrogens is 2. The first kappa shape index (κ1) is 7.59. The van der Waals surface area contributed by atoms with Crippen molar-refractivity contribution in [2.24, 2.45) is 0 Å². The minimum absolute atomic E-state index is 0.158. The van der Waals surface area contributed by atoms with Crippen LogP contribution in [0.3, 0.4) is 0 Å². The van der Waals surface area contributed by atoms with E-state index >= 15 is 0 Å². The van der Waals surface area contributed by atoms with Crippen LogP contribution in [0.2, 0.25) is 0 Å². The maximum Gasteiger partial charge on any atom is 0.222 e. The third-order valence-corrected chi connectivity index (χ3v) is 1.10. The molecular formula is C6H10N4O. The molecule has 0 saturated heterocycles. The fraction of sp³-hybridized carbons (Fsp3) is 0.333. The third kappa shape index (κ3) is 1.70. The second-order valence-electron chi connectivity index (χ2n) is 1.91. The summed E-state index contributed by atoms with van der Waals surface area (Å²) in [6, 6.07) is 0. The van der Waals surface area contributed by atoms with Crippen LogP contribution >= 0.6 is 0 Å². The van der Waals surface area contributed by atoms with Crippen LogP contribution < -0.4 is 16.2 Å². The van der Waals surface area contributed by atoms with Crippen LogP contribution in [0.4, 0.5) is 11.8 Å². The van der Waals surface area contributed by atoms with E-state index in [1.54, 1.807) is 0 Å². The topological polar surface area (TPSA) is 87.0 Å². The van der Waals surface area contributed by atoms with Crippen molar-refractivity contribution in [3.63, 3.8) is 0 Å². The molecule has 5 nitrogen and oxygen atoms in total. The summed E-state index contributed by atoms with van der Waals surface area (Å²) in [4.78, 5) is 7.43. The van der Waals surface area contributed by atoms with Crippen molar-refractivity contribution in [2.45, 2.75) is 6.92 Å². The molecule has 11 heavy (non-hydrogen) atoms. The molecule has 0 aliphatic rings. The first-order valence-electron chi connectivity index (χ1n) is 3.24. The Bertz CT molecular complexity index is 250. The summed E-state index contributed by atoms with van der Waals surface area (Å²) in [5, 5.41) is 0. The number of nitrogens with zero attached hydrogens (tertiary/aromatic N) is 2. The van der Waals surface area contributed by atoms with Crippen LogP contribution in [0.1, 0.15) is 6.92 Å². The van der Waals surface area contributed by atoms with Gasteiger partial charge in [0.2, 0.25) is 5.95 Å². The van der Waals surface area contributed by atoms with Crippen LogP contribution in [0.5, 0.6) is 5.75 Å². The summed E-state index contributed by atoms with van der Waals surface area (Å²) in [5.41, 5.74) is 10.7. The molecule has 1 aromatic rings. The van der Waals surface area contributed by atoms with Crippen LogP contribution in [-0.2, 0) is 0 Å². The van der Waals surface area contributed by atoms with E-state index in [0.717, 1.165) is 0 Å². The first-order chi connectivity index (χ1) is 5.24. The molecule has 0 radical (unpaired) electrons. The van der Waals surface area contributed by atoms with E-state index in [1.807, 2.05) is 6.92 Å². The SMILES string of the molecule is CCOc1cnc(N)nc1N. The molecule has 0 bridgehead atoms. The zero-order valence-electron chi connectivity index (χ0n) is 6.24. The van der Waals surface area contributed by atoms with Crippen LogP contribution in [-0.4, -0.2) is 16.6 Å². The number of anilines is 2. The van der Waals surface area contributed by atoms with Gasteiger partial charge in [-0.1, -0.05) is 0 Å². The highest BCUT2D eigenvalue weighted by atomic mass is 16.5.